The van der Waals surface area contributed by atoms with Crippen LogP contribution < -0.4 is 15.5 Å². The maximum Gasteiger partial charge on any atom is 0.310 e. The molecule has 0 aliphatic carbocycles. The molecule has 1 saturated heterocycles. The molecule has 1 aromatic rings. The van der Waals surface area contributed by atoms with Crippen LogP contribution in [0.1, 0.15) is 19.8 Å². The topological polar surface area (TPSA) is 103 Å². The van der Waals surface area contributed by atoms with Gasteiger partial charge in [-0.2, -0.15) is 0 Å². The fraction of sp³-hybridized carbons (Fsp3) is 0.722. The van der Waals surface area contributed by atoms with Crippen molar-refractivity contribution in [1.82, 2.24) is 9.97 Å². The van der Waals surface area contributed by atoms with Crippen molar-refractivity contribution in [2.75, 3.05) is 75.8 Å². The summed E-state index contributed by atoms with van der Waals surface area (Å²) in [4.78, 5) is 25.0. The molecule has 1 aliphatic heterocycles. The molecule has 9 heteroatoms. The van der Waals surface area contributed by atoms with E-state index in [9.17, 15) is 4.79 Å². The highest BCUT2D eigenvalue weighted by Crippen LogP contribution is 2.31. The summed E-state index contributed by atoms with van der Waals surface area (Å²) in [5.41, 5.74) is 6.94. The Bertz CT molecular complexity index is 593. The molecule has 0 spiro atoms. The third-order valence-electron chi connectivity index (χ3n) is 4.61. The smallest absolute Gasteiger partial charge is 0.310 e. The number of aromatic nitrogens is 2. The summed E-state index contributed by atoms with van der Waals surface area (Å²) < 4.78 is 15.6. The Balaban J connectivity index is 2.19. The summed E-state index contributed by atoms with van der Waals surface area (Å²) in [6.07, 6.45) is 3.22. The summed E-state index contributed by atoms with van der Waals surface area (Å²) in [6.45, 7) is 5.96. The van der Waals surface area contributed by atoms with Gasteiger partial charge in [0.2, 0.25) is 0 Å². The van der Waals surface area contributed by atoms with Crippen molar-refractivity contribution in [1.29, 1.82) is 0 Å². The number of esters is 1. The zero-order valence-corrected chi connectivity index (χ0v) is 16.5. The Morgan fingerprint density at radius 2 is 2.00 bits per heavy atom. The average Bonchev–Trinajstić information content (AvgIpc) is 2.69. The van der Waals surface area contributed by atoms with E-state index in [1.165, 1.54) is 6.33 Å². The summed E-state index contributed by atoms with van der Waals surface area (Å²) in [7, 11) is 3.32. The first-order valence-corrected chi connectivity index (χ1v) is 9.37. The van der Waals surface area contributed by atoms with Crippen LogP contribution in [0.25, 0.3) is 0 Å². The van der Waals surface area contributed by atoms with Gasteiger partial charge in [0.05, 0.1) is 25.7 Å². The van der Waals surface area contributed by atoms with Crippen LogP contribution in [0.5, 0.6) is 0 Å². The molecule has 152 valence electrons. The Morgan fingerprint density at radius 1 is 1.30 bits per heavy atom. The Hall–Kier alpha value is -2.13. The highest BCUT2D eigenvalue weighted by Gasteiger charge is 2.29. The largest absolute Gasteiger partial charge is 0.466 e. The molecule has 1 aromatic heterocycles. The zero-order chi connectivity index (χ0) is 19.6. The summed E-state index contributed by atoms with van der Waals surface area (Å²) in [5, 5.41) is 0. The number of carbonyl (C=O) groups is 1. The molecular weight excluding hydrogens is 350 g/mol. The van der Waals surface area contributed by atoms with Gasteiger partial charge in [-0.05, 0) is 19.8 Å². The second kappa shape index (κ2) is 10.9. The van der Waals surface area contributed by atoms with Gasteiger partial charge in [-0.15, -0.1) is 0 Å². The van der Waals surface area contributed by atoms with Gasteiger partial charge in [0.15, 0.2) is 11.6 Å². The van der Waals surface area contributed by atoms with Crippen molar-refractivity contribution < 1.29 is 19.0 Å². The lowest BCUT2D eigenvalue weighted by Crippen LogP contribution is -2.40. The average molecular weight is 381 g/mol. The first kappa shape index (κ1) is 21.2. The molecule has 2 N–H and O–H groups in total. The molecule has 1 atom stereocenters. The van der Waals surface area contributed by atoms with Gasteiger partial charge >= 0.3 is 5.97 Å². The minimum atomic E-state index is -0.158. The molecule has 2 heterocycles. The first-order valence-electron chi connectivity index (χ1n) is 9.37. The van der Waals surface area contributed by atoms with E-state index in [0.717, 1.165) is 19.4 Å². The molecule has 1 fully saturated rings. The van der Waals surface area contributed by atoms with E-state index >= 15 is 0 Å². The van der Waals surface area contributed by atoms with Crippen LogP contribution in [-0.2, 0) is 19.0 Å². The second-order valence-corrected chi connectivity index (χ2v) is 6.44. The number of ether oxygens (including phenoxy) is 3. The first-order chi connectivity index (χ1) is 13.1. The predicted molar refractivity (Wildman–Crippen MR) is 104 cm³/mol. The molecule has 2 rings (SSSR count). The standard InChI is InChI=1S/C18H31N5O4/c1-4-27-18(24)14-6-5-7-23(12-14)17-15(19)16(20-13-21-17)22(8-10-25-2)9-11-26-3/h13-14H,4-12,19H2,1-3H3. The predicted octanol–water partition coefficient (Wildman–Crippen LogP) is 0.938. The molecule has 1 aliphatic rings. The van der Waals surface area contributed by atoms with Crippen molar-refractivity contribution >= 4 is 23.3 Å². The van der Waals surface area contributed by atoms with Crippen LogP contribution in [0.3, 0.4) is 0 Å². The van der Waals surface area contributed by atoms with Gasteiger partial charge in [0.1, 0.15) is 12.0 Å². The molecule has 9 nitrogen and oxygen atoms in total. The fourth-order valence-electron chi connectivity index (χ4n) is 3.23. The van der Waals surface area contributed by atoms with Crippen LogP contribution in [-0.4, -0.2) is 76.2 Å². The van der Waals surface area contributed by atoms with Crippen LogP contribution in [0.2, 0.25) is 0 Å². The number of hydrogen-bond acceptors (Lipinski definition) is 9. The van der Waals surface area contributed by atoms with Crippen molar-refractivity contribution in [3.63, 3.8) is 0 Å². The zero-order valence-electron chi connectivity index (χ0n) is 16.5. The second-order valence-electron chi connectivity index (χ2n) is 6.44. The number of anilines is 3. The molecule has 0 amide bonds. The van der Waals surface area contributed by atoms with E-state index in [2.05, 4.69) is 14.9 Å². The summed E-state index contributed by atoms with van der Waals surface area (Å²) in [5.74, 6) is 1.01. The number of piperidine rings is 1. The van der Waals surface area contributed by atoms with Gasteiger partial charge in [0, 0.05) is 40.4 Å². The Kier molecular flexibility index (Phi) is 8.53. The van der Waals surface area contributed by atoms with E-state index in [-0.39, 0.29) is 11.9 Å². The third kappa shape index (κ3) is 5.67. The molecular formula is C18H31N5O4. The summed E-state index contributed by atoms with van der Waals surface area (Å²) in [6, 6.07) is 0. The molecule has 0 radical (unpaired) electrons. The minimum Gasteiger partial charge on any atom is -0.466 e. The normalized spacial score (nSPS) is 17.0. The third-order valence-corrected chi connectivity index (χ3v) is 4.61. The van der Waals surface area contributed by atoms with Crippen LogP contribution in [0.4, 0.5) is 17.3 Å². The van der Waals surface area contributed by atoms with Gasteiger partial charge in [0.25, 0.3) is 0 Å². The van der Waals surface area contributed by atoms with E-state index < -0.39 is 0 Å². The molecule has 1 unspecified atom stereocenters. The van der Waals surface area contributed by atoms with E-state index in [0.29, 0.717) is 56.8 Å². The Morgan fingerprint density at radius 3 is 2.63 bits per heavy atom. The Labute approximate surface area is 160 Å². The van der Waals surface area contributed by atoms with Gasteiger partial charge in [-0.1, -0.05) is 0 Å². The number of rotatable bonds is 10. The van der Waals surface area contributed by atoms with Crippen molar-refractivity contribution in [2.24, 2.45) is 5.92 Å². The molecule has 0 saturated carbocycles. The number of carbonyl (C=O) groups excluding carboxylic acids is 1. The fourth-order valence-corrected chi connectivity index (χ4v) is 3.23. The van der Waals surface area contributed by atoms with E-state index in [1.54, 1.807) is 14.2 Å². The van der Waals surface area contributed by atoms with Crippen molar-refractivity contribution in [3.05, 3.63) is 6.33 Å². The molecule has 0 bridgehead atoms. The van der Waals surface area contributed by atoms with Gasteiger partial charge < -0.3 is 29.7 Å². The minimum absolute atomic E-state index is 0.156. The van der Waals surface area contributed by atoms with Crippen LogP contribution in [0.15, 0.2) is 6.33 Å². The highest BCUT2D eigenvalue weighted by atomic mass is 16.5. The van der Waals surface area contributed by atoms with Crippen molar-refractivity contribution in [2.45, 2.75) is 19.8 Å². The quantitative estimate of drug-likeness (QED) is 0.593. The number of nitrogen functional groups attached to an aromatic ring is 1. The van der Waals surface area contributed by atoms with E-state index in [1.807, 2.05) is 11.8 Å². The van der Waals surface area contributed by atoms with Crippen LogP contribution in [0, 0.1) is 5.92 Å². The molecule has 27 heavy (non-hydrogen) atoms. The van der Waals surface area contributed by atoms with Crippen LogP contribution >= 0.6 is 0 Å². The number of methoxy groups -OCH3 is 2. The molecule has 0 aromatic carbocycles. The number of nitrogens with zero attached hydrogens (tertiary/aromatic N) is 4. The van der Waals surface area contributed by atoms with Crippen molar-refractivity contribution in [3.8, 4) is 0 Å². The lowest BCUT2D eigenvalue weighted by molar-refractivity contribution is -0.148. The number of hydrogen-bond donors (Lipinski definition) is 1. The SMILES string of the molecule is CCOC(=O)C1CCCN(c2ncnc(N(CCOC)CCOC)c2N)C1. The number of nitrogens with two attached hydrogens (primary N) is 1. The van der Waals surface area contributed by atoms with Gasteiger partial charge in [-0.25, -0.2) is 9.97 Å². The lowest BCUT2D eigenvalue weighted by atomic mass is 9.98. The maximum absolute atomic E-state index is 12.1. The lowest BCUT2D eigenvalue weighted by Gasteiger charge is -2.34. The van der Waals surface area contributed by atoms with E-state index in [4.69, 9.17) is 19.9 Å². The monoisotopic (exact) mass is 381 g/mol. The van der Waals surface area contributed by atoms with Gasteiger partial charge in [-0.3, -0.25) is 4.79 Å². The summed E-state index contributed by atoms with van der Waals surface area (Å²) >= 11 is 0. The maximum atomic E-state index is 12.1. The highest BCUT2D eigenvalue weighted by molar-refractivity contribution is 5.78.